The summed E-state index contributed by atoms with van der Waals surface area (Å²) in [7, 11) is 0. The zero-order valence-electron chi connectivity index (χ0n) is 10.2. The molecule has 1 aliphatic heterocycles. The Morgan fingerprint density at radius 2 is 2.33 bits per heavy atom. The molecule has 0 spiro atoms. The van der Waals surface area contributed by atoms with Crippen molar-refractivity contribution in [3.05, 3.63) is 32.4 Å². The van der Waals surface area contributed by atoms with Crippen LogP contribution < -0.4 is 0 Å². The number of ether oxygens (including phenoxy) is 1. The molecule has 1 aromatic carbocycles. The second-order valence-corrected chi connectivity index (χ2v) is 6.35. The fraction of sp³-hybridized carbons (Fsp3) is 0.571. The second kappa shape index (κ2) is 7.08. The number of hydrogen-bond donors (Lipinski definition) is 1. The molecule has 4 heteroatoms. The maximum Gasteiger partial charge on any atom is 0.0800 e. The van der Waals surface area contributed by atoms with Gasteiger partial charge < -0.3 is 9.84 Å². The lowest BCUT2D eigenvalue weighted by atomic mass is 10.0. The maximum atomic E-state index is 10.2. The van der Waals surface area contributed by atoms with Gasteiger partial charge in [0.1, 0.15) is 0 Å². The van der Waals surface area contributed by atoms with E-state index in [1.165, 1.54) is 12.8 Å². The SMILES string of the molecule is OC(CCCC1CCCO1)c1cc(Cl)ccc1I. The van der Waals surface area contributed by atoms with Crippen molar-refractivity contribution in [2.24, 2.45) is 0 Å². The molecule has 2 nitrogen and oxygen atoms in total. The monoisotopic (exact) mass is 380 g/mol. The van der Waals surface area contributed by atoms with Gasteiger partial charge in [0.2, 0.25) is 0 Å². The molecule has 1 saturated heterocycles. The predicted molar refractivity (Wildman–Crippen MR) is 82.0 cm³/mol. The molecule has 1 fully saturated rings. The molecule has 100 valence electrons. The van der Waals surface area contributed by atoms with Crippen LogP contribution in [-0.2, 0) is 4.74 Å². The molecule has 18 heavy (non-hydrogen) atoms. The van der Waals surface area contributed by atoms with E-state index in [0.717, 1.165) is 35.0 Å². The molecule has 0 saturated carbocycles. The first kappa shape index (κ1) is 14.6. The number of hydrogen-bond acceptors (Lipinski definition) is 2. The summed E-state index contributed by atoms with van der Waals surface area (Å²) in [6.07, 6.45) is 5.16. The highest BCUT2D eigenvalue weighted by atomic mass is 127. The Balaban J connectivity index is 1.83. The molecular formula is C14H18ClIO2. The van der Waals surface area contributed by atoms with Gasteiger partial charge in [-0.05, 0) is 78.5 Å². The second-order valence-electron chi connectivity index (χ2n) is 4.75. The highest BCUT2D eigenvalue weighted by Crippen LogP contribution is 2.28. The summed E-state index contributed by atoms with van der Waals surface area (Å²) in [6.45, 7) is 0.902. The minimum atomic E-state index is -0.419. The zero-order valence-corrected chi connectivity index (χ0v) is 13.2. The van der Waals surface area contributed by atoms with Crippen LogP contribution in [0.25, 0.3) is 0 Å². The van der Waals surface area contributed by atoms with Crippen LogP contribution in [0.2, 0.25) is 5.02 Å². The molecule has 1 N–H and O–H groups in total. The van der Waals surface area contributed by atoms with E-state index in [9.17, 15) is 5.11 Å². The van der Waals surface area contributed by atoms with Crippen LogP contribution in [0.5, 0.6) is 0 Å². The van der Waals surface area contributed by atoms with E-state index < -0.39 is 6.10 Å². The van der Waals surface area contributed by atoms with E-state index in [2.05, 4.69) is 22.6 Å². The van der Waals surface area contributed by atoms with Crippen LogP contribution in [-0.4, -0.2) is 17.8 Å². The van der Waals surface area contributed by atoms with Gasteiger partial charge in [-0.15, -0.1) is 0 Å². The van der Waals surface area contributed by atoms with Gasteiger partial charge >= 0.3 is 0 Å². The number of aliphatic hydroxyl groups excluding tert-OH is 1. The molecule has 0 bridgehead atoms. The van der Waals surface area contributed by atoms with E-state index in [0.29, 0.717) is 11.1 Å². The van der Waals surface area contributed by atoms with Crippen LogP contribution in [0.3, 0.4) is 0 Å². The highest BCUT2D eigenvalue weighted by molar-refractivity contribution is 14.1. The quantitative estimate of drug-likeness (QED) is 0.771. The van der Waals surface area contributed by atoms with Crippen LogP contribution >= 0.6 is 34.2 Å². The maximum absolute atomic E-state index is 10.2. The van der Waals surface area contributed by atoms with Crippen LogP contribution in [0, 0.1) is 3.57 Å². The van der Waals surface area contributed by atoms with Crippen molar-refractivity contribution in [1.82, 2.24) is 0 Å². The molecule has 1 aromatic rings. The van der Waals surface area contributed by atoms with Gasteiger partial charge in [0.15, 0.2) is 0 Å². The van der Waals surface area contributed by atoms with E-state index in [1.807, 2.05) is 18.2 Å². The molecule has 1 aliphatic rings. The minimum Gasteiger partial charge on any atom is -0.388 e. The van der Waals surface area contributed by atoms with Crippen molar-refractivity contribution in [3.63, 3.8) is 0 Å². The first-order valence-electron chi connectivity index (χ1n) is 6.41. The first-order chi connectivity index (χ1) is 8.66. The van der Waals surface area contributed by atoms with Gasteiger partial charge in [-0.3, -0.25) is 0 Å². The molecular weight excluding hydrogens is 363 g/mol. The molecule has 0 aromatic heterocycles. The van der Waals surface area contributed by atoms with Crippen molar-refractivity contribution < 1.29 is 9.84 Å². The summed E-state index contributed by atoms with van der Waals surface area (Å²) in [5.74, 6) is 0. The smallest absolute Gasteiger partial charge is 0.0800 e. The van der Waals surface area contributed by atoms with Crippen LogP contribution in [0.4, 0.5) is 0 Å². The molecule has 0 aliphatic carbocycles. The average Bonchev–Trinajstić information content (AvgIpc) is 2.85. The third-order valence-corrected chi connectivity index (χ3v) is 4.56. The predicted octanol–water partition coefficient (Wildman–Crippen LogP) is 4.33. The third-order valence-electron chi connectivity index (χ3n) is 3.34. The highest BCUT2D eigenvalue weighted by Gasteiger charge is 2.17. The Morgan fingerprint density at radius 3 is 3.06 bits per heavy atom. The summed E-state index contributed by atoms with van der Waals surface area (Å²) >= 11 is 8.20. The van der Waals surface area contributed by atoms with Crippen molar-refractivity contribution in [2.45, 2.75) is 44.3 Å². The Morgan fingerprint density at radius 1 is 1.50 bits per heavy atom. The average molecular weight is 381 g/mol. The molecule has 2 unspecified atom stereocenters. The van der Waals surface area contributed by atoms with Gasteiger partial charge in [-0.2, -0.15) is 0 Å². The number of benzene rings is 1. The Kier molecular flexibility index (Phi) is 5.73. The fourth-order valence-electron chi connectivity index (χ4n) is 2.34. The summed E-state index contributed by atoms with van der Waals surface area (Å²) in [6, 6.07) is 5.66. The van der Waals surface area contributed by atoms with Crippen LogP contribution in [0.1, 0.15) is 43.8 Å². The zero-order chi connectivity index (χ0) is 13.0. The lowest BCUT2D eigenvalue weighted by Crippen LogP contribution is -2.06. The van der Waals surface area contributed by atoms with Crippen molar-refractivity contribution >= 4 is 34.2 Å². The van der Waals surface area contributed by atoms with Gasteiger partial charge in [-0.25, -0.2) is 0 Å². The lowest BCUT2D eigenvalue weighted by Gasteiger charge is -2.14. The van der Waals surface area contributed by atoms with Crippen LogP contribution in [0.15, 0.2) is 18.2 Å². The molecule has 0 amide bonds. The van der Waals surface area contributed by atoms with E-state index in [4.69, 9.17) is 16.3 Å². The summed E-state index contributed by atoms with van der Waals surface area (Å²) in [4.78, 5) is 0. The molecule has 1 heterocycles. The topological polar surface area (TPSA) is 29.5 Å². The molecule has 2 rings (SSSR count). The largest absolute Gasteiger partial charge is 0.388 e. The third kappa shape index (κ3) is 4.08. The van der Waals surface area contributed by atoms with Gasteiger partial charge in [-0.1, -0.05) is 11.6 Å². The van der Waals surface area contributed by atoms with E-state index >= 15 is 0 Å². The Hall–Kier alpha value is 0.160. The van der Waals surface area contributed by atoms with Gasteiger partial charge in [0.25, 0.3) is 0 Å². The van der Waals surface area contributed by atoms with E-state index in [-0.39, 0.29) is 0 Å². The van der Waals surface area contributed by atoms with Crippen molar-refractivity contribution in [1.29, 1.82) is 0 Å². The summed E-state index contributed by atoms with van der Waals surface area (Å²) in [5, 5.41) is 10.9. The first-order valence-corrected chi connectivity index (χ1v) is 7.87. The molecule has 2 atom stereocenters. The van der Waals surface area contributed by atoms with Gasteiger partial charge in [0.05, 0.1) is 12.2 Å². The minimum absolute atomic E-state index is 0.413. The van der Waals surface area contributed by atoms with Gasteiger partial charge in [0, 0.05) is 15.2 Å². The summed E-state index contributed by atoms with van der Waals surface area (Å²) < 4.78 is 6.65. The Bertz CT molecular complexity index is 391. The number of halogens is 2. The molecule has 0 radical (unpaired) electrons. The van der Waals surface area contributed by atoms with Crippen molar-refractivity contribution in [2.75, 3.05) is 6.61 Å². The fourth-order valence-corrected chi connectivity index (χ4v) is 3.21. The Labute approximate surface area is 127 Å². The lowest BCUT2D eigenvalue weighted by molar-refractivity contribution is 0.0944. The normalized spacial score (nSPS) is 21.2. The van der Waals surface area contributed by atoms with E-state index in [1.54, 1.807) is 0 Å². The number of aliphatic hydroxyl groups is 1. The van der Waals surface area contributed by atoms with Crippen molar-refractivity contribution in [3.8, 4) is 0 Å². The number of rotatable bonds is 5. The standard InChI is InChI=1S/C14H18ClIO2/c15-10-6-7-13(16)12(9-10)14(17)5-1-3-11-4-2-8-18-11/h6-7,9,11,14,17H,1-5,8H2. The summed E-state index contributed by atoms with van der Waals surface area (Å²) in [5.41, 5.74) is 0.940.